The van der Waals surface area contributed by atoms with E-state index in [1.54, 1.807) is 6.07 Å². The lowest BCUT2D eigenvalue weighted by atomic mass is 10.3. The number of carbonyl (C=O) groups excluding carboxylic acids is 1. The molecular weight excluding hydrogens is 188 g/mol. The largest absolute Gasteiger partial charge is 0.349 e. The molecular formula is C9H9ClN2O. The van der Waals surface area contributed by atoms with Crippen LogP contribution in [-0.4, -0.2) is 16.9 Å². The number of nitrogens with zero attached hydrogens (tertiary/aromatic N) is 1. The first kappa shape index (κ1) is 8.51. The van der Waals surface area contributed by atoms with Gasteiger partial charge in [0.25, 0.3) is 5.91 Å². The Morgan fingerprint density at radius 2 is 2.31 bits per heavy atom. The summed E-state index contributed by atoms with van der Waals surface area (Å²) in [5.74, 6) is -0.0856. The number of hydrogen-bond acceptors (Lipinski definition) is 2. The van der Waals surface area contributed by atoms with Crippen molar-refractivity contribution in [2.75, 3.05) is 0 Å². The molecule has 0 radical (unpaired) electrons. The van der Waals surface area contributed by atoms with E-state index in [1.165, 1.54) is 12.4 Å². The summed E-state index contributed by atoms with van der Waals surface area (Å²) < 4.78 is 0. The van der Waals surface area contributed by atoms with Crippen molar-refractivity contribution < 1.29 is 4.79 Å². The van der Waals surface area contributed by atoms with Gasteiger partial charge in [0.05, 0.1) is 10.6 Å². The van der Waals surface area contributed by atoms with Crippen LogP contribution in [0.25, 0.3) is 0 Å². The average molecular weight is 197 g/mol. The molecule has 68 valence electrons. The van der Waals surface area contributed by atoms with Crippen molar-refractivity contribution in [1.82, 2.24) is 10.3 Å². The Morgan fingerprint density at radius 3 is 2.92 bits per heavy atom. The van der Waals surface area contributed by atoms with E-state index in [-0.39, 0.29) is 5.91 Å². The van der Waals surface area contributed by atoms with Gasteiger partial charge in [-0.2, -0.15) is 0 Å². The van der Waals surface area contributed by atoms with Gasteiger partial charge in [-0.05, 0) is 18.9 Å². The molecule has 0 bridgehead atoms. The van der Waals surface area contributed by atoms with Gasteiger partial charge in [-0.3, -0.25) is 9.78 Å². The molecule has 3 nitrogen and oxygen atoms in total. The van der Waals surface area contributed by atoms with E-state index >= 15 is 0 Å². The van der Waals surface area contributed by atoms with Crippen molar-refractivity contribution in [2.45, 2.75) is 18.9 Å². The Labute approximate surface area is 81.1 Å². The molecule has 1 aliphatic rings. The minimum atomic E-state index is -0.0856. The zero-order chi connectivity index (χ0) is 9.26. The van der Waals surface area contributed by atoms with Crippen LogP contribution in [0.2, 0.25) is 5.02 Å². The Bertz CT molecular complexity index is 336. The predicted octanol–water partition coefficient (Wildman–Crippen LogP) is 1.63. The van der Waals surface area contributed by atoms with E-state index < -0.39 is 0 Å². The normalized spacial score (nSPS) is 15.5. The summed E-state index contributed by atoms with van der Waals surface area (Å²) in [5, 5.41) is 3.35. The number of amides is 1. The maximum Gasteiger partial charge on any atom is 0.253 e. The molecule has 2 rings (SSSR count). The van der Waals surface area contributed by atoms with Crippen molar-refractivity contribution >= 4 is 17.5 Å². The minimum Gasteiger partial charge on any atom is -0.349 e. The lowest BCUT2D eigenvalue weighted by molar-refractivity contribution is 0.0950. The van der Waals surface area contributed by atoms with E-state index in [1.807, 2.05) is 0 Å². The summed E-state index contributed by atoms with van der Waals surface area (Å²) in [6.07, 6.45) is 5.19. The van der Waals surface area contributed by atoms with Crippen LogP contribution in [0.1, 0.15) is 23.2 Å². The smallest absolute Gasteiger partial charge is 0.253 e. The number of nitrogens with one attached hydrogen (secondary N) is 1. The van der Waals surface area contributed by atoms with Crippen LogP contribution >= 0.6 is 11.6 Å². The minimum absolute atomic E-state index is 0.0856. The van der Waals surface area contributed by atoms with Crippen molar-refractivity contribution in [3.05, 3.63) is 29.0 Å². The van der Waals surface area contributed by atoms with Gasteiger partial charge >= 0.3 is 0 Å². The van der Waals surface area contributed by atoms with Crippen molar-refractivity contribution in [3.8, 4) is 0 Å². The van der Waals surface area contributed by atoms with Gasteiger partial charge in [0.2, 0.25) is 0 Å². The van der Waals surface area contributed by atoms with Crippen LogP contribution < -0.4 is 5.32 Å². The van der Waals surface area contributed by atoms with Gasteiger partial charge in [0, 0.05) is 18.4 Å². The third-order valence-corrected chi connectivity index (χ3v) is 2.09. The van der Waals surface area contributed by atoms with E-state index in [4.69, 9.17) is 11.6 Å². The Hall–Kier alpha value is -1.09. The topological polar surface area (TPSA) is 42.0 Å². The molecule has 1 saturated carbocycles. The molecule has 0 atom stereocenters. The van der Waals surface area contributed by atoms with Crippen molar-refractivity contribution in [3.63, 3.8) is 0 Å². The van der Waals surface area contributed by atoms with Crippen molar-refractivity contribution in [2.24, 2.45) is 0 Å². The maximum absolute atomic E-state index is 11.4. The highest BCUT2D eigenvalue weighted by molar-refractivity contribution is 6.30. The molecule has 1 amide bonds. The first-order chi connectivity index (χ1) is 6.25. The number of hydrogen-bond donors (Lipinski definition) is 1. The zero-order valence-electron chi connectivity index (χ0n) is 6.96. The third-order valence-electron chi connectivity index (χ3n) is 1.88. The molecule has 0 spiro atoms. The molecule has 0 unspecified atom stereocenters. The van der Waals surface area contributed by atoms with Crippen LogP contribution in [0.15, 0.2) is 18.5 Å². The first-order valence-corrected chi connectivity index (χ1v) is 4.55. The summed E-state index contributed by atoms with van der Waals surface area (Å²) in [4.78, 5) is 15.3. The van der Waals surface area contributed by atoms with Gasteiger partial charge in [0.15, 0.2) is 0 Å². The van der Waals surface area contributed by atoms with Gasteiger partial charge in [-0.1, -0.05) is 11.6 Å². The maximum atomic E-state index is 11.4. The molecule has 4 heteroatoms. The highest BCUT2D eigenvalue weighted by Crippen LogP contribution is 2.19. The van der Waals surface area contributed by atoms with Crippen LogP contribution in [0.4, 0.5) is 0 Å². The SMILES string of the molecule is O=C(NC1CC1)c1cncc(Cl)c1. The van der Waals surface area contributed by atoms with Gasteiger partial charge in [0.1, 0.15) is 0 Å². The van der Waals surface area contributed by atoms with Crippen LogP contribution in [0.3, 0.4) is 0 Å². The summed E-state index contributed by atoms with van der Waals surface area (Å²) in [6, 6.07) is 1.98. The third kappa shape index (κ3) is 2.18. The number of pyridine rings is 1. The lowest BCUT2D eigenvalue weighted by Gasteiger charge is -2.01. The standard InChI is InChI=1S/C9H9ClN2O/c10-7-3-6(4-11-5-7)9(13)12-8-1-2-8/h3-5,8H,1-2H2,(H,12,13). The Balaban J connectivity index is 2.09. The number of halogens is 1. The number of rotatable bonds is 2. The summed E-state index contributed by atoms with van der Waals surface area (Å²) in [5.41, 5.74) is 0.527. The number of aromatic nitrogens is 1. The molecule has 0 aliphatic heterocycles. The highest BCUT2D eigenvalue weighted by atomic mass is 35.5. The fourth-order valence-corrected chi connectivity index (χ4v) is 1.21. The number of carbonyl (C=O) groups is 1. The fourth-order valence-electron chi connectivity index (χ4n) is 1.03. The Morgan fingerprint density at radius 1 is 1.54 bits per heavy atom. The molecule has 0 aromatic carbocycles. The highest BCUT2D eigenvalue weighted by Gasteiger charge is 2.23. The predicted molar refractivity (Wildman–Crippen MR) is 49.7 cm³/mol. The quantitative estimate of drug-likeness (QED) is 0.781. The van der Waals surface area contributed by atoms with E-state index in [0.717, 1.165) is 12.8 Å². The average Bonchev–Trinajstić information content (AvgIpc) is 2.88. The van der Waals surface area contributed by atoms with Crippen LogP contribution in [0, 0.1) is 0 Å². The molecule has 1 heterocycles. The molecule has 1 fully saturated rings. The molecule has 1 N–H and O–H groups in total. The second-order valence-electron chi connectivity index (χ2n) is 3.14. The molecule has 0 saturated heterocycles. The fraction of sp³-hybridized carbons (Fsp3) is 0.333. The van der Waals surface area contributed by atoms with Crippen LogP contribution in [-0.2, 0) is 0 Å². The summed E-state index contributed by atoms with van der Waals surface area (Å²) >= 11 is 5.70. The van der Waals surface area contributed by atoms with E-state index in [9.17, 15) is 4.79 Å². The molecule has 13 heavy (non-hydrogen) atoms. The zero-order valence-corrected chi connectivity index (χ0v) is 7.71. The first-order valence-electron chi connectivity index (χ1n) is 4.17. The monoisotopic (exact) mass is 196 g/mol. The van der Waals surface area contributed by atoms with Crippen LogP contribution in [0.5, 0.6) is 0 Å². The van der Waals surface area contributed by atoms with Gasteiger partial charge < -0.3 is 5.32 Å². The summed E-state index contributed by atoms with van der Waals surface area (Å²) in [7, 11) is 0. The second kappa shape index (κ2) is 3.34. The van der Waals surface area contributed by atoms with Gasteiger partial charge in [-0.15, -0.1) is 0 Å². The van der Waals surface area contributed by atoms with Crippen molar-refractivity contribution in [1.29, 1.82) is 0 Å². The lowest BCUT2D eigenvalue weighted by Crippen LogP contribution is -2.25. The summed E-state index contributed by atoms with van der Waals surface area (Å²) in [6.45, 7) is 0. The van der Waals surface area contributed by atoms with E-state index in [0.29, 0.717) is 16.6 Å². The second-order valence-corrected chi connectivity index (χ2v) is 3.58. The molecule has 1 aliphatic carbocycles. The molecule has 1 aromatic rings. The molecule has 1 aromatic heterocycles. The van der Waals surface area contributed by atoms with Gasteiger partial charge in [-0.25, -0.2) is 0 Å². The Kier molecular flexibility index (Phi) is 2.19. The van der Waals surface area contributed by atoms with E-state index in [2.05, 4.69) is 10.3 Å².